The summed E-state index contributed by atoms with van der Waals surface area (Å²) in [5.41, 5.74) is 5.73. The summed E-state index contributed by atoms with van der Waals surface area (Å²) in [4.78, 5) is 12.9. The van der Waals surface area contributed by atoms with Crippen LogP contribution in [0.2, 0.25) is 0 Å². The average Bonchev–Trinajstić information content (AvgIpc) is 3.63. The van der Waals surface area contributed by atoms with Crippen molar-refractivity contribution in [1.82, 2.24) is 14.8 Å². The van der Waals surface area contributed by atoms with Crippen molar-refractivity contribution in [2.75, 3.05) is 7.11 Å². The maximum Gasteiger partial charge on any atom is 0.242 e. The van der Waals surface area contributed by atoms with E-state index in [-0.39, 0.29) is 11.9 Å². The molecule has 4 aromatic rings. The van der Waals surface area contributed by atoms with Gasteiger partial charge in [0.15, 0.2) is 0 Å². The molecular formula is C26H24N4O2S. The Morgan fingerprint density at radius 1 is 1.09 bits per heavy atom. The van der Waals surface area contributed by atoms with Crippen LogP contribution >= 0.6 is 11.3 Å². The number of methoxy groups -OCH3 is 1. The molecule has 0 radical (unpaired) electrons. The zero-order valence-corrected chi connectivity index (χ0v) is 19.3. The number of amides is 1. The molecule has 1 aliphatic rings. The number of carbonyl (C=O) groups is 1. The van der Waals surface area contributed by atoms with Crippen molar-refractivity contribution in [3.8, 4) is 22.7 Å². The largest absolute Gasteiger partial charge is 0.497 e. The number of thiophene rings is 1. The molecule has 1 aliphatic heterocycles. The van der Waals surface area contributed by atoms with Gasteiger partial charge in [0.25, 0.3) is 0 Å². The van der Waals surface area contributed by atoms with E-state index in [9.17, 15) is 4.79 Å². The highest BCUT2D eigenvalue weighted by Gasteiger charge is 2.35. The minimum absolute atomic E-state index is 0.00151. The average molecular weight is 457 g/mol. The van der Waals surface area contributed by atoms with Gasteiger partial charge in [0.05, 0.1) is 30.2 Å². The number of nitrogens with zero attached hydrogens (tertiary/aromatic N) is 4. The predicted octanol–water partition coefficient (Wildman–Crippen LogP) is 5.70. The number of ether oxygens (including phenoxy) is 1. The second-order valence-electron chi connectivity index (χ2n) is 7.81. The molecule has 0 N–H and O–H groups in total. The Balaban J connectivity index is 1.62. The summed E-state index contributed by atoms with van der Waals surface area (Å²) in [6.07, 6.45) is 3.06. The molecule has 7 heteroatoms. The second kappa shape index (κ2) is 9.03. The van der Waals surface area contributed by atoms with Crippen LogP contribution in [0.1, 0.15) is 36.9 Å². The van der Waals surface area contributed by atoms with Gasteiger partial charge in [-0.05, 0) is 53.2 Å². The Morgan fingerprint density at radius 3 is 2.55 bits per heavy atom. The molecule has 2 aromatic heterocycles. The number of hydrogen-bond donors (Lipinski definition) is 0. The van der Waals surface area contributed by atoms with Gasteiger partial charge in [0, 0.05) is 35.7 Å². The fourth-order valence-corrected chi connectivity index (χ4v) is 4.73. The number of hydrogen-bond acceptors (Lipinski definition) is 5. The van der Waals surface area contributed by atoms with Crippen LogP contribution in [0.25, 0.3) is 16.9 Å². The molecule has 0 spiro atoms. The van der Waals surface area contributed by atoms with Crippen molar-refractivity contribution in [2.24, 2.45) is 5.10 Å². The molecule has 1 amide bonds. The summed E-state index contributed by atoms with van der Waals surface area (Å²) in [7, 11) is 1.65. The van der Waals surface area contributed by atoms with Crippen LogP contribution in [0.15, 0.2) is 82.7 Å². The van der Waals surface area contributed by atoms with E-state index in [1.54, 1.807) is 23.5 Å². The SMILES string of the molecule is CCC(=O)N1N=C(c2ccsc2)C[C@@H]1c1cn(-c2ccccc2)nc1-c1ccc(OC)cc1. The Morgan fingerprint density at radius 2 is 1.88 bits per heavy atom. The van der Waals surface area contributed by atoms with E-state index in [0.29, 0.717) is 12.8 Å². The fraction of sp³-hybridized carbons (Fsp3) is 0.192. The minimum Gasteiger partial charge on any atom is -0.497 e. The van der Waals surface area contributed by atoms with Crippen molar-refractivity contribution in [3.05, 3.63) is 88.7 Å². The standard InChI is InChI=1S/C26H24N4O2S/c1-3-25(31)30-24(15-23(27-30)19-13-14-33-17-19)22-16-29(20-7-5-4-6-8-20)28-26(22)18-9-11-21(32-2)12-10-18/h4-14,16-17,24H,3,15H2,1-2H3/t24-/m1/s1. The van der Waals surface area contributed by atoms with Crippen LogP contribution in [0.3, 0.4) is 0 Å². The zero-order valence-electron chi connectivity index (χ0n) is 18.5. The number of hydrazone groups is 1. The first kappa shape index (κ1) is 21.2. The first-order valence-electron chi connectivity index (χ1n) is 10.9. The molecular weight excluding hydrogens is 432 g/mol. The highest BCUT2D eigenvalue weighted by molar-refractivity contribution is 7.08. The lowest BCUT2D eigenvalue weighted by molar-refractivity contribution is -0.132. The van der Waals surface area contributed by atoms with E-state index in [0.717, 1.165) is 39.5 Å². The summed E-state index contributed by atoms with van der Waals surface area (Å²) in [5, 5.41) is 15.5. The first-order chi connectivity index (χ1) is 16.2. The maximum absolute atomic E-state index is 12.9. The Labute approximate surface area is 196 Å². The second-order valence-corrected chi connectivity index (χ2v) is 8.59. The van der Waals surface area contributed by atoms with Crippen LogP contribution < -0.4 is 4.74 Å². The monoisotopic (exact) mass is 456 g/mol. The number of rotatable bonds is 6. The van der Waals surface area contributed by atoms with Gasteiger partial charge in [-0.3, -0.25) is 4.79 Å². The molecule has 0 aliphatic carbocycles. The van der Waals surface area contributed by atoms with Crippen LogP contribution in [0.4, 0.5) is 0 Å². The summed E-state index contributed by atoms with van der Waals surface area (Å²) in [6.45, 7) is 1.87. The Bertz CT molecular complexity index is 1280. The molecule has 5 rings (SSSR count). The molecule has 6 nitrogen and oxygen atoms in total. The van der Waals surface area contributed by atoms with Crippen LogP contribution in [-0.2, 0) is 4.79 Å². The molecule has 2 aromatic carbocycles. The van der Waals surface area contributed by atoms with E-state index >= 15 is 0 Å². The molecule has 0 fully saturated rings. The number of para-hydroxylation sites is 1. The predicted molar refractivity (Wildman–Crippen MR) is 131 cm³/mol. The fourth-order valence-electron chi connectivity index (χ4n) is 4.07. The van der Waals surface area contributed by atoms with Crippen LogP contribution in [0.5, 0.6) is 5.75 Å². The molecule has 0 saturated carbocycles. The van der Waals surface area contributed by atoms with Gasteiger partial charge in [-0.2, -0.15) is 21.5 Å². The van der Waals surface area contributed by atoms with Crippen molar-refractivity contribution < 1.29 is 9.53 Å². The van der Waals surface area contributed by atoms with Gasteiger partial charge in [-0.1, -0.05) is 25.1 Å². The topological polar surface area (TPSA) is 59.7 Å². The minimum atomic E-state index is -0.220. The van der Waals surface area contributed by atoms with E-state index in [2.05, 4.69) is 11.4 Å². The summed E-state index contributed by atoms with van der Waals surface area (Å²) < 4.78 is 7.21. The van der Waals surface area contributed by atoms with Crippen molar-refractivity contribution in [2.45, 2.75) is 25.8 Å². The molecule has 1 atom stereocenters. The molecule has 33 heavy (non-hydrogen) atoms. The maximum atomic E-state index is 12.9. The van der Waals surface area contributed by atoms with E-state index in [1.807, 2.05) is 77.8 Å². The van der Waals surface area contributed by atoms with Gasteiger partial charge < -0.3 is 4.74 Å². The molecule has 3 heterocycles. The third-order valence-corrected chi connectivity index (χ3v) is 6.49. The van der Waals surface area contributed by atoms with Crippen molar-refractivity contribution in [3.63, 3.8) is 0 Å². The summed E-state index contributed by atoms with van der Waals surface area (Å²) in [6, 6.07) is 19.7. The Hall–Kier alpha value is -3.71. The quantitative estimate of drug-likeness (QED) is 0.374. The van der Waals surface area contributed by atoms with Gasteiger partial charge in [0.2, 0.25) is 5.91 Å². The third-order valence-electron chi connectivity index (χ3n) is 5.81. The highest BCUT2D eigenvalue weighted by atomic mass is 32.1. The van der Waals surface area contributed by atoms with Crippen LogP contribution in [-0.4, -0.2) is 33.5 Å². The van der Waals surface area contributed by atoms with Gasteiger partial charge >= 0.3 is 0 Å². The molecule has 0 saturated heterocycles. The number of aromatic nitrogens is 2. The number of benzene rings is 2. The molecule has 166 valence electrons. The van der Waals surface area contributed by atoms with Crippen molar-refractivity contribution in [1.29, 1.82) is 0 Å². The zero-order chi connectivity index (χ0) is 22.8. The first-order valence-corrected chi connectivity index (χ1v) is 11.8. The van der Waals surface area contributed by atoms with E-state index in [4.69, 9.17) is 14.9 Å². The van der Waals surface area contributed by atoms with Crippen LogP contribution in [0, 0.1) is 0 Å². The smallest absolute Gasteiger partial charge is 0.242 e. The van der Waals surface area contributed by atoms with Crippen molar-refractivity contribution >= 4 is 23.0 Å². The van der Waals surface area contributed by atoms with E-state index in [1.165, 1.54) is 0 Å². The lowest BCUT2D eigenvalue weighted by Crippen LogP contribution is -2.26. The summed E-state index contributed by atoms with van der Waals surface area (Å²) >= 11 is 1.63. The Kier molecular flexibility index (Phi) is 5.79. The highest BCUT2D eigenvalue weighted by Crippen LogP contribution is 2.39. The van der Waals surface area contributed by atoms with Gasteiger partial charge in [-0.25, -0.2) is 9.69 Å². The third kappa shape index (κ3) is 4.07. The van der Waals surface area contributed by atoms with Gasteiger partial charge in [-0.15, -0.1) is 0 Å². The molecule has 0 unspecified atom stereocenters. The molecule has 0 bridgehead atoms. The summed E-state index contributed by atoms with van der Waals surface area (Å²) in [5.74, 6) is 0.785. The normalized spacial score (nSPS) is 15.5. The number of carbonyl (C=O) groups excluding carboxylic acids is 1. The lowest BCUT2D eigenvalue weighted by Gasteiger charge is -2.21. The lowest BCUT2D eigenvalue weighted by atomic mass is 9.97. The van der Waals surface area contributed by atoms with Gasteiger partial charge in [0.1, 0.15) is 5.75 Å². The van der Waals surface area contributed by atoms with E-state index < -0.39 is 0 Å².